The first-order valence-corrected chi connectivity index (χ1v) is 8.59. The number of rotatable bonds is 3. The summed E-state index contributed by atoms with van der Waals surface area (Å²) in [7, 11) is -3.61. The third-order valence-electron chi connectivity index (χ3n) is 3.81. The lowest BCUT2D eigenvalue weighted by Crippen LogP contribution is -2.43. The summed E-state index contributed by atoms with van der Waals surface area (Å²) in [5.41, 5.74) is 0.993. The van der Waals surface area contributed by atoms with E-state index in [9.17, 15) is 8.42 Å². The van der Waals surface area contributed by atoms with Crippen molar-refractivity contribution in [2.45, 2.75) is 50.0 Å². The lowest BCUT2D eigenvalue weighted by molar-refractivity contribution is 0.350. The number of hydrogen-bond donors (Lipinski definition) is 2. The summed E-state index contributed by atoms with van der Waals surface area (Å²) in [6, 6.07) is 5.07. The van der Waals surface area contributed by atoms with Crippen molar-refractivity contribution < 1.29 is 13.5 Å². The second-order valence-corrected chi connectivity index (χ2v) is 7.48. The van der Waals surface area contributed by atoms with Gasteiger partial charge in [-0.3, -0.25) is 0 Å². The van der Waals surface area contributed by atoms with Crippen LogP contribution in [0.25, 0.3) is 0 Å². The van der Waals surface area contributed by atoms with Crippen LogP contribution in [0.1, 0.15) is 43.7 Å². The molecule has 0 unspecified atom stereocenters. The van der Waals surface area contributed by atoms with Crippen LogP contribution in [0.5, 0.6) is 0 Å². The minimum absolute atomic E-state index is 0.183. The van der Waals surface area contributed by atoms with Crippen LogP contribution in [0, 0.1) is 18.8 Å². The van der Waals surface area contributed by atoms with E-state index in [4.69, 9.17) is 5.11 Å². The number of benzene rings is 1. The molecule has 0 radical (unpaired) electrons. The summed E-state index contributed by atoms with van der Waals surface area (Å²) in [5.74, 6) is 5.25. The maximum absolute atomic E-state index is 12.6. The molecule has 2 N–H and O–H groups in total. The maximum Gasteiger partial charge on any atom is 0.242 e. The van der Waals surface area contributed by atoms with Crippen LogP contribution in [-0.4, -0.2) is 25.7 Å². The highest BCUT2D eigenvalue weighted by Crippen LogP contribution is 2.31. The van der Waals surface area contributed by atoms with Gasteiger partial charge in [0.05, 0.1) is 4.90 Å². The molecule has 0 heterocycles. The smallest absolute Gasteiger partial charge is 0.242 e. The summed E-state index contributed by atoms with van der Waals surface area (Å²) in [5, 5.41) is 8.82. The molecule has 5 heteroatoms. The van der Waals surface area contributed by atoms with Crippen LogP contribution >= 0.6 is 0 Å². The fourth-order valence-corrected chi connectivity index (χ4v) is 4.36. The molecule has 1 aromatic rings. The van der Waals surface area contributed by atoms with Crippen LogP contribution in [0.3, 0.4) is 0 Å². The minimum Gasteiger partial charge on any atom is -0.384 e. The van der Waals surface area contributed by atoms with E-state index < -0.39 is 10.0 Å². The van der Waals surface area contributed by atoms with Gasteiger partial charge in [0.2, 0.25) is 10.0 Å². The first kappa shape index (κ1) is 16.0. The van der Waals surface area contributed by atoms with Crippen LogP contribution in [0.2, 0.25) is 0 Å². The van der Waals surface area contributed by atoms with E-state index >= 15 is 0 Å². The topological polar surface area (TPSA) is 66.4 Å². The molecule has 1 saturated carbocycles. The number of sulfonamides is 1. The van der Waals surface area contributed by atoms with E-state index in [-0.39, 0.29) is 17.0 Å². The summed E-state index contributed by atoms with van der Waals surface area (Å²) < 4.78 is 28.1. The van der Waals surface area contributed by atoms with E-state index in [0.29, 0.717) is 5.56 Å². The zero-order valence-electron chi connectivity index (χ0n) is 12.4. The van der Waals surface area contributed by atoms with Crippen LogP contribution in [0.4, 0.5) is 0 Å². The Labute approximate surface area is 126 Å². The molecule has 2 rings (SSSR count). The Hall–Kier alpha value is -1.35. The molecule has 0 aromatic heterocycles. The quantitative estimate of drug-likeness (QED) is 0.839. The Morgan fingerprint density at radius 1 is 1.33 bits per heavy atom. The van der Waals surface area contributed by atoms with Crippen molar-refractivity contribution in [3.8, 4) is 11.8 Å². The monoisotopic (exact) mass is 307 g/mol. The first-order valence-electron chi connectivity index (χ1n) is 7.11. The van der Waals surface area contributed by atoms with Gasteiger partial charge in [0.1, 0.15) is 6.61 Å². The van der Waals surface area contributed by atoms with Gasteiger partial charge in [-0.05, 0) is 44.4 Å². The molecule has 1 aromatic carbocycles. The zero-order chi connectivity index (χ0) is 15.5. The fourth-order valence-electron chi connectivity index (χ4n) is 2.75. The number of aliphatic hydroxyl groups excluding tert-OH is 1. The Balaban J connectivity index is 2.39. The molecule has 0 amide bonds. The molecule has 0 aliphatic heterocycles. The summed E-state index contributed by atoms with van der Waals surface area (Å²) in [6.07, 6.45) is 3.81. The summed E-state index contributed by atoms with van der Waals surface area (Å²) >= 11 is 0. The molecular formula is C16H21NO3S. The normalized spacial score (nSPS) is 17.3. The Bertz CT molecular complexity index is 677. The van der Waals surface area contributed by atoms with Crippen molar-refractivity contribution in [2.24, 2.45) is 0 Å². The lowest BCUT2D eigenvalue weighted by Gasteiger charge is -2.25. The molecular weight excluding hydrogens is 286 g/mol. The van der Waals surface area contributed by atoms with Gasteiger partial charge >= 0.3 is 0 Å². The van der Waals surface area contributed by atoms with Crippen molar-refractivity contribution in [1.29, 1.82) is 0 Å². The van der Waals surface area contributed by atoms with Gasteiger partial charge in [0.15, 0.2) is 0 Å². The predicted molar refractivity (Wildman–Crippen MR) is 82.3 cm³/mol. The molecule has 0 atom stereocenters. The third kappa shape index (κ3) is 3.85. The van der Waals surface area contributed by atoms with Crippen LogP contribution in [0.15, 0.2) is 23.1 Å². The van der Waals surface area contributed by atoms with Crippen molar-refractivity contribution >= 4 is 10.0 Å². The van der Waals surface area contributed by atoms with Crippen molar-refractivity contribution in [2.75, 3.05) is 6.61 Å². The van der Waals surface area contributed by atoms with Crippen LogP contribution < -0.4 is 4.72 Å². The second kappa shape index (κ2) is 6.18. The largest absolute Gasteiger partial charge is 0.384 e. The fraction of sp³-hybridized carbons (Fsp3) is 0.500. The molecule has 0 bridgehead atoms. The Morgan fingerprint density at radius 3 is 2.62 bits per heavy atom. The highest BCUT2D eigenvalue weighted by Gasteiger charge is 2.34. The summed E-state index contributed by atoms with van der Waals surface area (Å²) in [6.45, 7) is 3.54. The molecule has 21 heavy (non-hydrogen) atoms. The predicted octanol–water partition coefficient (Wildman–Crippen LogP) is 1.95. The molecule has 114 valence electrons. The molecule has 1 aliphatic rings. The average molecular weight is 307 g/mol. The third-order valence-corrected chi connectivity index (χ3v) is 5.51. The molecule has 0 saturated heterocycles. The van der Waals surface area contributed by atoms with Gasteiger partial charge in [-0.2, -0.15) is 0 Å². The van der Waals surface area contributed by atoms with Gasteiger partial charge in [-0.25, -0.2) is 13.1 Å². The highest BCUT2D eigenvalue weighted by atomic mass is 32.2. The minimum atomic E-state index is -3.61. The number of aliphatic hydroxyl groups is 1. The SMILES string of the molecule is Cc1ccc(S(=O)(=O)NC2(C)CCCC2)c(C#CCO)c1. The van der Waals surface area contributed by atoms with E-state index in [0.717, 1.165) is 31.2 Å². The van der Waals surface area contributed by atoms with E-state index in [2.05, 4.69) is 16.6 Å². The number of aryl methyl sites for hydroxylation is 1. The van der Waals surface area contributed by atoms with Gasteiger partial charge in [0, 0.05) is 11.1 Å². The van der Waals surface area contributed by atoms with Gasteiger partial charge < -0.3 is 5.11 Å². The number of hydrogen-bond acceptors (Lipinski definition) is 3. The van der Waals surface area contributed by atoms with Gasteiger partial charge in [-0.1, -0.05) is 30.7 Å². The molecule has 1 aliphatic carbocycles. The first-order chi connectivity index (χ1) is 9.86. The van der Waals surface area contributed by atoms with E-state index in [1.807, 2.05) is 13.8 Å². The van der Waals surface area contributed by atoms with Crippen LogP contribution in [-0.2, 0) is 10.0 Å². The summed E-state index contributed by atoms with van der Waals surface area (Å²) in [4.78, 5) is 0.183. The average Bonchev–Trinajstić information content (AvgIpc) is 2.81. The zero-order valence-corrected chi connectivity index (χ0v) is 13.3. The molecule has 4 nitrogen and oxygen atoms in total. The van der Waals surface area contributed by atoms with Gasteiger partial charge in [0.25, 0.3) is 0 Å². The molecule has 0 spiro atoms. The van der Waals surface area contributed by atoms with Crippen molar-refractivity contribution in [3.05, 3.63) is 29.3 Å². The lowest BCUT2D eigenvalue weighted by atomic mass is 10.0. The van der Waals surface area contributed by atoms with Crippen molar-refractivity contribution in [3.63, 3.8) is 0 Å². The second-order valence-electron chi connectivity index (χ2n) is 5.83. The maximum atomic E-state index is 12.6. The van der Waals surface area contributed by atoms with E-state index in [1.54, 1.807) is 18.2 Å². The van der Waals surface area contributed by atoms with Crippen molar-refractivity contribution in [1.82, 2.24) is 4.72 Å². The highest BCUT2D eigenvalue weighted by molar-refractivity contribution is 7.89. The Kier molecular flexibility index (Phi) is 4.72. The number of nitrogens with one attached hydrogen (secondary N) is 1. The standard InChI is InChI=1S/C16H21NO3S/c1-13-7-8-15(14(12-13)6-5-11-18)21(19,20)17-16(2)9-3-4-10-16/h7-8,12,17-18H,3-4,9-11H2,1-2H3. The Morgan fingerprint density at radius 2 is 2.00 bits per heavy atom. The van der Waals surface area contributed by atoms with E-state index in [1.165, 1.54) is 0 Å². The molecule has 1 fully saturated rings. The van der Waals surface area contributed by atoms with Gasteiger partial charge in [-0.15, -0.1) is 0 Å².